The molecule has 2 fully saturated rings. The van der Waals surface area contributed by atoms with E-state index in [-0.39, 0.29) is 10.2 Å². The molecule has 11 heteroatoms. The minimum absolute atomic E-state index is 0.240. The van der Waals surface area contributed by atoms with E-state index in [0.29, 0.717) is 16.8 Å². The molecular formula is C25H32ClN7OS2. The van der Waals surface area contributed by atoms with E-state index in [4.69, 9.17) is 22.3 Å². The molecule has 0 bridgehead atoms. The van der Waals surface area contributed by atoms with Gasteiger partial charge in [0.15, 0.2) is 5.65 Å². The predicted octanol–water partition coefficient (Wildman–Crippen LogP) is 5.43. The van der Waals surface area contributed by atoms with Gasteiger partial charge in [0.25, 0.3) is 0 Å². The smallest absolute Gasteiger partial charge is 0.211 e. The van der Waals surface area contributed by atoms with Crippen molar-refractivity contribution in [3.05, 3.63) is 35.9 Å². The van der Waals surface area contributed by atoms with Crippen LogP contribution in [-0.2, 0) is 11.4 Å². The molecule has 1 aliphatic carbocycles. The first kappa shape index (κ1) is 25.6. The number of fused-ring (bicyclic) bond motifs is 1. The number of imidazole rings is 1. The molecule has 4 heterocycles. The summed E-state index contributed by atoms with van der Waals surface area (Å²) < 4.78 is 18.7. The van der Waals surface area contributed by atoms with Crippen molar-refractivity contribution in [2.75, 3.05) is 23.7 Å². The van der Waals surface area contributed by atoms with Crippen molar-refractivity contribution in [1.82, 2.24) is 19.4 Å². The second-order valence-electron chi connectivity index (χ2n) is 10.6. The summed E-state index contributed by atoms with van der Waals surface area (Å²) in [5.41, 5.74) is 6.96. The highest BCUT2D eigenvalue weighted by Gasteiger charge is 2.45. The molecule has 3 aromatic rings. The average molecular weight is 546 g/mol. The number of hydrogen-bond donors (Lipinski definition) is 1. The third-order valence-electron chi connectivity index (χ3n) is 7.35. The molecule has 1 spiro atoms. The molecule has 1 aliphatic heterocycles. The van der Waals surface area contributed by atoms with Crippen molar-refractivity contribution < 1.29 is 4.55 Å². The predicted molar refractivity (Wildman–Crippen MR) is 148 cm³/mol. The van der Waals surface area contributed by atoms with Crippen LogP contribution in [0.4, 0.5) is 11.8 Å². The monoisotopic (exact) mass is 545 g/mol. The molecular weight excluding hydrogens is 514 g/mol. The molecule has 1 saturated heterocycles. The van der Waals surface area contributed by atoms with Gasteiger partial charge in [0.1, 0.15) is 21.9 Å². The molecule has 2 aliphatic rings. The van der Waals surface area contributed by atoms with Crippen LogP contribution in [0.5, 0.6) is 0 Å². The summed E-state index contributed by atoms with van der Waals surface area (Å²) >= 11 is 6.65. The van der Waals surface area contributed by atoms with Crippen molar-refractivity contribution in [2.24, 2.45) is 15.7 Å². The second-order valence-corrected chi connectivity index (χ2v) is 14.0. The molecule has 2 atom stereocenters. The standard InChI is InChI=1S/C25H32ClN7OS2/c1-24(2,3)36(34)31-15-17-5-4-7-25(17)8-12-32(13-9-25)23-30-16-19(22-29-11-14-33(22)23)35-18-6-10-28-21(27)20(18)26/h6,10-11,14-17H,4-5,7-9,12-13H2,1-3H3,(H2,27,28). The van der Waals surface area contributed by atoms with Crippen LogP contribution >= 0.6 is 23.4 Å². The fourth-order valence-electron chi connectivity index (χ4n) is 5.29. The maximum Gasteiger partial charge on any atom is 0.211 e. The number of nitrogen functional groups attached to an aromatic ring is 1. The van der Waals surface area contributed by atoms with Crippen molar-refractivity contribution >= 4 is 58.4 Å². The van der Waals surface area contributed by atoms with Gasteiger partial charge in [-0.25, -0.2) is 15.0 Å². The number of pyridine rings is 1. The highest BCUT2D eigenvalue weighted by atomic mass is 35.5. The lowest BCUT2D eigenvalue weighted by Gasteiger charge is -2.42. The van der Waals surface area contributed by atoms with Crippen LogP contribution in [0.3, 0.4) is 0 Å². The van der Waals surface area contributed by atoms with Crippen molar-refractivity contribution in [3.8, 4) is 0 Å². The van der Waals surface area contributed by atoms with E-state index in [2.05, 4.69) is 23.7 Å². The summed E-state index contributed by atoms with van der Waals surface area (Å²) in [6.07, 6.45) is 15.0. The van der Waals surface area contributed by atoms with E-state index in [9.17, 15) is 4.55 Å². The Bertz CT molecular complexity index is 1270. The quantitative estimate of drug-likeness (QED) is 0.336. The maximum absolute atomic E-state index is 12.5. The number of piperidine rings is 1. The Morgan fingerprint density at radius 3 is 2.72 bits per heavy atom. The Morgan fingerprint density at radius 2 is 1.97 bits per heavy atom. The summed E-state index contributed by atoms with van der Waals surface area (Å²) in [7, 11) is 0. The Morgan fingerprint density at radius 1 is 1.19 bits per heavy atom. The molecule has 1 saturated carbocycles. The van der Waals surface area contributed by atoms with Crippen LogP contribution in [0.25, 0.3) is 5.65 Å². The van der Waals surface area contributed by atoms with E-state index in [0.717, 1.165) is 53.7 Å². The lowest BCUT2D eigenvalue weighted by atomic mass is 9.71. The molecule has 2 N–H and O–H groups in total. The van der Waals surface area contributed by atoms with Crippen LogP contribution in [-0.4, -0.2) is 48.0 Å². The number of aromatic nitrogens is 4. The Hall–Kier alpha value is -2.01. The first-order valence-electron chi connectivity index (χ1n) is 12.3. The zero-order valence-corrected chi connectivity index (χ0v) is 23.2. The largest absolute Gasteiger partial charge is 0.591 e. The van der Waals surface area contributed by atoms with E-state index >= 15 is 0 Å². The molecule has 192 valence electrons. The van der Waals surface area contributed by atoms with E-state index in [1.54, 1.807) is 12.4 Å². The molecule has 0 radical (unpaired) electrons. The topological polar surface area (TPSA) is 108 Å². The summed E-state index contributed by atoms with van der Waals surface area (Å²) in [5, 5.41) is 0.443. The van der Waals surface area contributed by atoms with Crippen molar-refractivity contribution in [3.63, 3.8) is 0 Å². The molecule has 36 heavy (non-hydrogen) atoms. The number of nitrogens with two attached hydrogens (primary N) is 1. The minimum Gasteiger partial charge on any atom is -0.591 e. The molecule has 2 unspecified atom stereocenters. The van der Waals surface area contributed by atoms with Crippen LogP contribution in [0, 0.1) is 11.3 Å². The van der Waals surface area contributed by atoms with Crippen LogP contribution in [0.15, 0.2) is 45.0 Å². The fraction of sp³-hybridized carbons (Fsp3) is 0.520. The highest BCUT2D eigenvalue weighted by molar-refractivity contribution is 7.99. The van der Waals surface area contributed by atoms with Crippen molar-refractivity contribution in [2.45, 2.75) is 67.4 Å². The van der Waals surface area contributed by atoms with Crippen molar-refractivity contribution in [1.29, 1.82) is 0 Å². The third kappa shape index (κ3) is 4.92. The van der Waals surface area contributed by atoms with Gasteiger partial charge < -0.3 is 15.2 Å². The molecule has 0 amide bonds. The van der Waals surface area contributed by atoms with Gasteiger partial charge in [-0.05, 0) is 57.9 Å². The van der Waals surface area contributed by atoms with Gasteiger partial charge in [-0.1, -0.05) is 34.2 Å². The third-order valence-corrected chi connectivity index (χ3v) is 10.3. The SMILES string of the molecule is CC(C)(C)[S+]([O-])N=CC1CCCC12CCN(c1ncc(Sc3ccnc(N)c3Cl)c3nccn13)CC2. The summed E-state index contributed by atoms with van der Waals surface area (Å²) in [6, 6.07) is 1.85. The summed E-state index contributed by atoms with van der Waals surface area (Å²) in [6.45, 7) is 7.76. The minimum atomic E-state index is -1.20. The first-order valence-corrected chi connectivity index (χ1v) is 14.6. The Labute approximate surface area is 224 Å². The van der Waals surface area contributed by atoms with E-state index in [1.165, 1.54) is 24.6 Å². The van der Waals surface area contributed by atoms with Crippen LogP contribution < -0.4 is 10.6 Å². The Balaban J connectivity index is 1.33. The fourth-order valence-corrected chi connectivity index (χ4v) is 6.99. The average Bonchev–Trinajstić information content (AvgIpc) is 3.49. The van der Waals surface area contributed by atoms with Gasteiger partial charge >= 0.3 is 0 Å². The highest BCUT2D eigenvalue weighted by Crippen LogP contribution is 2.50. The number of halogens is 1. The van der Waals surface area contributed by atoms with E-state index in [1.807, 2.05) is 45.4 Å². The normalized spacial score (nSPS) is 21.1. The zero-order chi connectivity index (χ0) is 25.5. The van der Waals surface area contributed by atoms with Gasteiger partial charge in [-0.3, -0.25) is 4.40 Å². The second kappa shape index (κ2) is 10.0. The van der Waals surface area contributed by atoms with Gasteiger partial charge in [0, 0.05) is 48.7 Å². The van der Waals surface area contributed by atoms with Gasteiger partial charge in [-0.15, -0.1) is 0 Å². The molecule has 3 aromatic heterocycles. The maximum atomic E-state index is 12.5. The molecule has 8 nitrogen and oxygen atoms in total. The number of hydrogen-bond acceptors (Lipinski definition) is 8. The molecule has 5 rings (SSSR count). The number of rotatable bonds is 5. The lowest BCUT2D eigenvalue weighted by molar-refractivity contribution is 0.192. The van der Waals surface area contributed by atoms with Gasteiger partial charge in [-0.2, -0.15) is 0 Å². The lowest BCUT2D eigenvalue weighted by Crippen LogP contribution is -2.43. The summed E-state index contributed by atoms with van der Waals surface area (Å²) in [5.74, 6) is 1.61. The number of nitrogens with zero attached hydrogens (tertiary/aromatic N) is 6. The van der Waals surface area contributed by atoms with Crippen LogP contribution in [0.2, 0.25) is 5.02 Å². The first-order chi connectivity index (χ1) is 17.2. The molecule has 0 aromatic carbocycles. The van der Waals surface area contributed by atoms with Gasteiger partial charge in [0.05, 0.1) is 16.1 Å². The zero-order valence-electron chi connectivity index (χ0n) is 20.9. The van der Waals surface area contributed by atoms with Gasteiger partial charge in [0.2, 0.25) is 5.95 Å². The summed E-state index contributed by atoms with van der Waals surface area (Å²) in [4.78, 5) is 17.6. The van der Waals surface area contributed by atoms with Crippen LogP contribution in [0.1, 0.15) is 52.9 Å². The number of anilines is 2. The van der Waals surface area contributed by atoms with E-state index < -0.39 is 11.4 Å². The Kier molecular flexibility index (Phi) is 7.15.